The summed E-state index contributed by atoms with van der Waals surface area (Å²) in [5, 5.41) is 3.15. The van der Waals surface area contributed by atoms with Gasteiger partial charge in [-0.15, -0.1) is 0 Å². The Kier molecular flexibility index (Phi) is 6.58. The summed E-state index contributed by atoms with van der Waals surface area (Å²) in [4.78, 5) is 27.8. The lowest BCUT2D eigenvalue weighted by Crippen LogP contribution is -2.64. The van der Waals surface area contributed by atoms with Crippen LogP contribution in [0.15, 0.2) is 36.4 Å². The van der Waals surface area contributed by atoms with E-state index in [1.54, 1.807) is 30.2 Å². The molecule has 1 N–H and O–H groups in total. The monoisotopic (exact) mass is 516 g/mol. The molecule has 1 aliphatic heterocycles. The van der Waals surface area contributed by atoms with Crippen molar-refractivity contribution < 1.29 is 32.2 Å². The second kappa shape index (κ2) is 9.58. The summed E-state index contributed by atoms with van der Waals surface area (Å²) in [7, 11) is 1.56. The quantitative estimate of drug-likeness (QED) is 0.547. The number of benzene rings is 2. The normalized spacial score (nSPS) is 20.5. The number of halogens is 3. The fraction of sp³-hybridized carbons (Fsp3) is 0.500. The first-order valence-electron chi connectivity index (χ1n) is 12.7. The van der Waals surface area contributed by atoms with E-state index < -0.39 is 17.6 Å². The Morgan fingerprint density at radius 2 is 1.86 bits per heavy atom. The molecular formula is C28H31F3N2O4. The summed E-state index contributed by atoms with van der Waals surface area (Å²) in [6.07, 6.45) is 0.340. The van der Waals surface area contributed by atoms with E-state index in [4.69, 9.17) is 9.47 Å². The Balaban J connectivity index is 1.25. The molecule has 6 nitrogen and oxygen atoms in total. The molecule has 0 aromatic heterocycles. The number of nitrogens with one attached hydrogen (secondary N) is 1. The van der Waals surface area contributed by atoms with Gasteiger partial charge in [0.1, 0.15) is 0 Å². The summed E-state index contributed by atoms with van der Waals surface area (Å²) < 4.78 is 51.2. The Bertz CT molecular complexity index is 1200. The van der Waals surface area contributed by atoms with Crippen LogP contribution in [-0.4, -0.2) is 49.6 Å². The van der Waals surface area contributed by atoms with Gasteiger partial charge in [0, 0.05) is 35.7 Å². The molecule has 2 saturated carbocycles. The number of alkyl halides is 3. The molecule has 3 fully saturated rings. The number of amides is 2. The fourth-order valence-electron chi connectivity index (χ4n) is 5.61. The average Bonchev–Trinajstić information content (AvgIpc) is 3.58. The third kappa shape index (κ3) is 5.00. The molecule has 9 heteroatoms. The summed E-state index contributed by atoms with van der Waals surface area (Å²) in [5.41, 5.74) is -0.574. The zero-order valence-corrected chi connectivity index (χ0v) is 21.0. The maximum absolute atomic E-state index is 13.3. The van der Waals surface area contributed by atoms with Crippen LogP contribution in [0, 0.1) is 18.3 Å². The third-order valence-electron chi connectivity index (χ3n) is 7.98. The first-order chi connectivity index (χ1) is 17.6. The van der Waals surface area contributed by atoms with Crippen molar-refractivity contribution >= 4 is 11.8 Å². The molecule has 1 saturated heterocycles. The van der Waals surface area contributed by atoms with Crippen LogP contribution in [0.1, 0.15) is 63.9 Å². The average molecular weight is 517 g/mol. The van der Waals surface area contributed by atoms with Gasteiger partial charge in [-0.1, -0.05) is 12.5 Å². The van der Waals surface area contributed by atoms with Crippen LogP contribution >= 0.6 is 0 Å². The van der Waals surface area contributed by atoms with Gasteiger partial charge in [-0.25, -0.2) is 0 Å². The van der Waals surface area contributed by atoms with Crippen molar-refractivity contribution in [3.63, 3.8) is 0 Å². The summed E-state index contributed by atoms with van der Waals surface area (Å²) in [6.45, 7) is 2.75. The maximum Gasteiger partial charge on any atom is 0.416 e. The van der Waals surface area contributed by atoms with Gasteiger partial charge in [0.05, 0.1) is 19.3 Å². The number of carbonyl (C=O) groups excluding carboxylic acids is 2. The highest BCUT2D eigenvalue weighted by molar-refractivity contribution is 5.97. The second-order valence-electron chi connectivity index (χ2n) is 10.5. The van der Waals surface area contributed by atoms with Gasteiger partial charge in [-0.05, 0) is 74.4 Å². The Morgan fingerprint density at radius 3 is 2.54 bits per heavy atom. The number of rotatable bonds is 7. The minimum absolute atomic E-state index is 0.0589. The van der Waals surface area contributed by atoms with E-state index in [2.05, 4.69) is 5.32 Å². The number of nitrogens with zero attached hydrogens (tertiary/aromatic N) is 1. The molecule has 2 amide bonds. The van der Waals surface area contributed by atoms with E-state index >= 15 is 0 Å². The standard InChI is InChI=1S/C28H31F3N2O4/c1-17-20(5-3-6-21(17)28(29,30)31)26(35)33-15-27(16-33)12-4-7-24(27)32-25(34)19-10-11-22(36-2)23(13-19)37-14-18-8-9-18/h3,5-6,10-11,13,18,24H,4,7-9,12,14-16H2,1-2H3,(H,32,34). The highest BCUT2D eigenvalue weighted by atomic mass is 19.4. The summed E-state index contributed by atoms with van der Waals surface area (Å²) in [6, 6.07) is 8.71. The van der Waals surface area contributed by atoms with Crippen LogP contribution in [0.5, 0.6) is 11.5 Å². The van der Waals surface area contributed by atoms with Gasteiger partial charge < -0.3 is 19.7 Å². The van der Waals surface area contributed by atoms with Crippen molar-refractivity contribution in [3.8, 4) is 11.5 Å². The minimum Gasteiger partial charge on any atom is -0.493 e. The molecule has 1 spiro atoms. The molecule has 3 aliphatic rings. The number of hydrogen-bond donors (Lipinski definition) is 1. The van der Waals surface area contributed by atoms with Gasteiger partial charge in [0.25, 0.3) is 11.8 Å². The number of likely N-dealkylation sites (tertiary alicyclic amines) is 1. The lowest BCUT2D eigenvalue weighted by Gasteiger charge is -2.51. The van der Waals surface area contributed by atoms with Crippen LogP contribution in [-0.2, 0) is 6.18 Å². The SMILES string of the molecule is COc1ccc(C(=O)NC2CCCC23CN(C(=O)c2cccc(C(F)(F)F)c2C)C3)cc1OCC1CC1. The van der Waals surface area contributed by atoms with Crippen molar-refractivity contribution in [3.05, 3.63) is 58.7 Å². The number of hydrogen-bond acceptors (Lipinski definition) is 4. The summed E-state index contributed by atoms with van der Waals surface area (Å²) in [5.74, 6) is 1.06. The molecule has 5 rings (SSSR count). The van der Waals surface area contributed by atoms with Crippen molar-refractivity contribution in [1.29, 1.82) is 0 Å². The smallest absolute Gasteiger partial charge is 0.416 e. The van der Waals surface area contributed by atoms with Crippen LogP contribution < -0.4 is 14.8 Å². The number of ether oxygens (including phenoxy) is 2. The van der Waals surface area contributed by atoms with Gasteiger partial charge in [-0.2, -0.15) is 13.2 Å². The molecule has 37 heavy (non-hydrogen) atoms. The number of methoxy groups -OCH3 is 1. The van der Waals surface area contributed by atoms with Gasteiger partial charge >= 0.3 is 6.18 Å². The van der Waals surface area contributed by atoms with Crippen molar-refractivity contribution in [2.24, 2.45) is 11.3 Å². The van der Waals surface area contributed by atoms with E-state index in [1.807, 2.05) is 0 Å². The topological polar surface area (TPSA) is 67.9 Å². The van der Waals surface area contributed by atoms with E-state index in [1.165, 1.54) is 19.1 Å². The molecule has 1 atom stereocenters. The van der Waals surface area contributed by atoms with E-state index in [9.17, 15) is 22.8 Å². The fourth-order valence-corrected chi connectivity index (χ4v) is 5.61. The van der Waals surface area contributed by atoms with Crippen molar-refractivity contribution in [2.45, 2.75) is 51.2 Å². The van der Waals surface area contributed by atoms with Gasteiger partial charge in [-0.3, -0.25) is 9.59 Å². The van der Waals surface area contributed by atoms with E-state index in [-0.39, 0.29) is 28.5 Å². The van der Waals surface area contributed by atoms with Crippen LogP contribution in [0.4, 0.5) is 13.2 Å². The molecule has 2 aromatic carbocycles. The second-order valence-corrected chi connectivity index (χ2v) is 10.5. The first kappa shape index (κ1) is 25.4. The predicted octanol–water partition coefficient (Wildman–Crippen LogP) is 5.24. The van der Waals surface area contributed by atoms with Crippen LogP contribution in [0.25, 0.3) is 0 Å². The first-order valence-corrected chi connectivity index (χ1v) is 12.7. The zero-order chi connectivity index (χ0) is 26.4. The highest BCUT2D eigenvalue weighted by Gasteiger charge is 2.53. The van der Waals surface area contributed by atoms with Crippen molar-refractivity contribution in [2.75, 3.05) is 26.8 Å². The van der Waals surface area contributed by atoms with Gasteiger partial charge in [0.2, 0.25) is 0 Å². The molecule has 2 aliphatic carbocycles. The largest absolute Gasteiger partial charge is 0.493 e. The molecule has 1 heterocycles. The molecule has 0 radical (unpaired) electrons. The molecule has 2 aromatic rings. The van der Waals surface area contributed by atoms with E-state index in [0.717, 1.165) is 38.2 Å². The summed E-state index contributed by atoms with van der Waals surface area (Å²) >= 11 is 0. The molecule has 0 bridgehead atoms. The third-order valence-corrected chi connectivity index (χ3v) is 7.98. The molecule has 1 unspecified atom stereocenters. The number of carbonyl (C=O) groups is 2. The lowest BCUT2D eigenvalue weighted by atomic mass is 9.74. The molecule has 198 valence electrons. The Hall–Kier alpha value is -3.23. The maximum atomic E-state index is 13.3. The lowest BCUT2D eigenvalue weighted by molar-refractivity contribution is -0.138. The van der Waals surface area contributed by atoms with Gasteiger partial charge in [0.15, 0.2) is 11.5 Å². The molecular weight excluding hydrogens is 485 g/mol. The zero-order valence-electron chi connectivity index (χ0n) is 21.0. The predicted molar refractivity (Wildman–Crippen MR) is 131 cm³/mol. The Morgan fingerprint density at radius 1 is 1.11 bits per heavy atom. The minimum atomic E-state index is -4.51. The Labute approximate surface area is 214 Å². The van der Waals surface area contributed by atoms with Crippen molar-refractivity contribution in [1.82, 2.24) is 10.2 Å². The van der Waals surface area contributed by atoms with Crippen LogP contribution in [0.3, 0.4) is 0 Å². The highest BCUT2D eigenvalue weighted by Crippen LogP contribution is 2.46. The van der Waals surface area contributed by atoms with Crippen LogP contribution in [0.2, 0.25) is 0 Å². The van der Waals surface area contributed by atoms with E-state index in [0.29, 0.717) is 42.7 Å².